The van der Waals surface area contributed by atoms with Crippen molar-refractivity contribution in [2.45, 2.75) is 44.9 Å². The van der Waals surface area contributed by atoms with Crippen LogP contribution in [0.15, 0.2) is 0 Å². The number of amides is 1. The highest BCUT2D eigenvalue weighted by atomic mass is 16.1. The Morgan fingerprint density at radius 2 is 1.95 bits per heavy atom. The van der Waals surface area contributed by atoms with E-state index in [9.17, 15) is 4.79 Å². The Bertz CT molecular complexity index is 258. The zero-order valence-electron chi connectivity index (χ0n) is 12.1. The number of hydrogen-bond acceptors (Lipinski definition) is 3. The molecule has 4 heteroatoms. The molecule has 0 aromatic carbocycles. The van der Waals surface area contributed by atoms with E-state index >= 15 is 0 Å². The minimum Gasteiger partial charge on any atom is -0.356 e. The molecule has 110 valence electrons. The van der Waals surface area contributed by atoms with Crippen LogP contribution >= 0.6 is 0 Å². The fraction of sp³-hybridized carbons (Fsp3) is 0.933. The van der Waals surface area contributed by atoms with Gasteiger partial charge in [0, 0.05) is 13.0 Å². The Morgan fingerprint density at radius 1 is 1.21 bits per heavy atom. The Morgan fingerprint density at radius 3 is 2.68 bits per heavy atom. The lowest BCUT2D eigenvalue weighted by molar-refractivity contribution is -0.121. The van der Waals surface area contributed by atoms with Crippen molar-refractivity contribution in [2.75, 3.05) is 39.3 Å². The number of hydrogen-bond donors (Lipinski definition) is 2. The first-order valence-electron chi connectivity index (χ1n) is 8.04. The van der Waals surface area contributed by atoms with Gasteiger partial charge in [-0.3, -0.25) is 4.79 Å². The number of carbonyl (C=O) groups is 1. The lowest BCUT2D eigenvalue weighted by Crippen LogP contribution is -2.30. The molecule has 0 bridgehead atoms. The summed E-state index contributed by atoms with van der Waals surface area (Å²) >= 11 is 0. The monoisotopic (exact) mass is 267 g/mol. The van der Waals surface area contributed by atoms with Gasteiger partial charge >= 0.3 is 0 Å². The largest absolute Gasteiger partial charge is 0.356 e. The molecule has 2 aliphatic heterocycles. The molecule has 2 saturated heterocycles. The van der Waals surface area contributed by atoms with Gasteiger partial charge in [0.25, 0.3) is 0 Å². The SMILES string of the molecule is O=C(CCC1CCNCC1)NCCCN1CCCC1. The summed E-state index contributed by atoms with van der Waals surface area (Å²) in [6, 6.07) is 0. The smallest absolute Gasteiger partial charge is 0.220 e. The first kappa shape index (κ1) is 14.8. The molecule has 0 radical (unpaired) electrons. The van der Waals surface area contributed by atoms with Gasteiger partial charge in [0.05, 0.1) is 0 Å². The van der Waals surface area contributed by atoms with Gasteiger partial charge in [-0.05, 0) is 77.2 Å². The fourth-order valence-corrected chi connectivity index (χ4v) is 3.13. The average Bonchev–Trinajstić information content (AvgIpc) is 2.96. The van der Waals surface area contributed by atoms with E-state index in [1.165, 1.54) is 38.8 Å². The summed E-state index contributed by atoms with van der Waals surface area (Å²) in [7, 11) is 0. The number of nitrogens with one attached hydrogen (secondary N) is 2. The second-order valence-corrected chi connectivity index (χ2v) is 5.98. The van der Waals surface area contributed by atoms with Crippen molar-refractivity contribution in [1.29, 1.82) is 0 Å². The Labute approximate surface area is 117 Å². The third kappa shape index (κ3) is 5.91. The van der Waals surface area contributed by atoms with Crippen LogP contribution < -0.4 is 10.6 Å². The van der Waals surface area contributed by atoms with Crippen LogP contribution in [0.4, 0.5) is 0 Å². The van der Waals surface area contributed by atoms with Crippen LogP contribution in [-0.4, -0.2) is 50.1 Å². The molecule has 0 saturated carbocycles. The Balaban J connectivity index is 1.45. The predicted octanol–water partition coefficient (Wildman–Crippen LogP) is 1.37. The molecular weight excluding hydrogens is 238 g/mol. The Kier molecular flexibility index (Phi) is 6.65. The molecule has 2 fully saturated rings. The van der Waals surface area contributed by atoms with Gasteiger partial charge in [0.1, 0.15) is 0 Å². The van der Waals surface area contributed by atoms with E-state index in [2.05, 4.69) is 15.5 Å². The predicted molar refractivity (Wildman–Crippen MR) is 78.1 cm³/mol. The molecular formula is C15H29N3O. The van der Waals surface area contributed by atoms with Gasteiger partial charge in [0.15, 0.2) is 0 Å². The molecule has 0 aromatic heterocycles. The molecule has 2 rings (SSSR count). The minimum absolute atomic E-state index is 0.250. The molecule has 0 unspecified atom stereocenters. The van der Waals surface area contributed by atoms with E-state index in [4.69, 9.17) is 0 Å². The van der Waals surface area contributed by atoms with Crippen molar-refractivity contribution < 1.29 is 4.79 Å². The van der Waals surface area contributed by atoms with Crippen molar-refractivity contribution in [2.24, 2.45) is 5.92 Å². The molecule has 2 N–H and O–H groups in total. The van der Waals surface area contributed by atoms with Crippen molar-refractivity contribution in [3.05, 3.63) is 0 Å². The van der Waals surface area contributed by atoms with Gasteiger partial charge in [-0.2, -0.15) is 0 Å². The normalized spacial score (nSPS) is 21.7. The molecule has 0 aromatic rings. The highest BCUT2D eigenvalue weighted by Crippen LogP contribution is 2.17. The summed E-state index contributed by atoms with van der Waals surface area (Å²) in [6.07, 6.45) is 8.06. The molecule has 2 aliphatic rings. The average molecular weight is 267 g/mol. The number of piperidine rings is 1. The molecule has 0 aliphatic carbocycles. The summed E-state index contributed by atoms with van der Waals surface area (Å²) in [5, 5.41) is 6.43. The van der Waals surface area contributed by atoms with Crippen LogP contribution in [0.2, 0.25) is 0 Å². The van der Waals surface area contributed by atoms with Crippen LogP contribution in [0, 0.1) is 5.92 Å². The number of rotatable bonds is 7. The summed E-state index contributed by atoms with van der Waals surface area (Å²) in [5.41, 5.74) is 0. The molecule has 4 nitrogen and oxygen atoms in total. The maximum absolute atomic E-state index is 11.7. The highest BCUT2D eigenvalue weighted by Gasteiger charge is 2.14. The third-order valence-corrected chi connectivity index (χ3v) is 4.41. The van der Waals surface area contributed by atoms with Gasteiger partial charge in [-0.25, -0.2) is 0 Å². The van der Waals surface area contributed by atoms with Crippen molar-refractivity contribution in [1.82, 2.24) is 15.5 Å². The second kappa shape index (κ2) is 8.54. The van der Waals surface area contributed by atoms with Crippen LogP contribution in [0.5, 0.6) is 0 Å². The first-order valence-corrected chi connectivity index (χ1v) is 8.04. The van der Waals surface area contributed by atoms with Gasteiger partial charge in [-0.1, -0.05) is 0 Å². The number of carbonyl (C=O) groups excluding carboxylic acids is 1. The highest BCUT2D eigenvalue weighted by molar-refractivity contribution is 5.75. The second-order valence-electron chi connectivity index (χ2n) is 5.98. The van der Waals surface area contributed by atoms with E-state index in [1.807, 2.05) is 0 Å². The van der Waals surface area contributed by atoms with E-state index < -0.39 is 0 Å². The molecule has 19 heavy (non-hydrogen) atoms. The number of likely N-dealkylation sites (tertiary alicyclic amines) is 1. The lowest BCUT2D eigenvalue weighted by atomic mass is 9.93. The zero-order valence-corrected chi connectivity index (χ0v) is 12.1. The fourth-order valence-electron chi connectivity index (χ4n) is 3.13. The standard InChI is InChI=1S/C15H29N3O/c19-15(5-4-14-6-9-16-10-7-14)17-8-3-13-18-11-1-2-12-18/h14,16H,1-13H2,(H,17,19). The van der Waals surface area contributed by atoms with Crippen molar-refractivity contribution in [3.63, 3.8) is 0 Å². The van der Waals surface area contributed by atoms with Gasteiger partial charge in [-0.15, -0.1) is 0 Å². The molecule has 1 amide bonds. The summed E-state index contributed by atoms with van der Waals surface area (Å²) < 4.78 is 0. The topological polar surface area (TPSA) is 44.4 Å². The van der Waals surface area contributed by atoms with Crippen LogP contribution in [0.3, 0.4) is 0 Å². The van der Waals surface area contributed by atoms with Crippen LogP contribution in [0.1, 0.15) is 44.9 Å². The van der Waals surface area contributed by atoms with Crippen molar-refractivity contribution in [3.8, 4) is 0 Å². The van der Waals surface area contributed by atoms with E-state index in [0.717, 1.165) is 44.9 Å². The van der Waals surface area contributed by atoms with E-state index in [-0.39, 0.29) is 5.91 Å². The summed E-state index contributed by atoms with van der Waals surface area (Å²) in [4.78, 5) is 14.2. The quantitative estimate of drug-likeness (QED) is 0.685. The van der Waals surface area contributed by atoms with E-state index in [1.54, 1.807) is 0 Å². The molecule has 0 spiro atoms. The number of nitrogens with zero attached hydrogens (tertiary/aromatic N) is 1. The van der Waals surface area contributed by atoms with Gasteiger partial charge in [0.2, 0.25) is 5.91 Å². The van der Waals surface area contributed by atoms with Crippen LogP contribution in [0.25, 0.3) is 0 Å². The summed E-state index contributed by atoms with van der Waals surface area (Å²) in [5.74, 6) is 1.01. The molecule has 2 heterocycles. The van der Waals surface area contributed by atoms with Gasteiger partial charge < -0.3 is 15.5 Å². The lowest BCUT2D eigenvalue weighted by Gasteiger charge is -2.22. The van der Waals surface area contributed by atoms with Crippen LogP contribution in [-0.2, 0) is 4.79 Å². The minimum atomic E-state index is 0.250. The van der Waals surface area contributed by atoms with Crippen molar-refractivity contribution >= 4 is 5.91 Å². The molecule has 0 atom stereocenters. The zero-order chi connectivity index (χ0) is 13.3. The third-order valence-electron chi connectivity index (χ3n) is 4.41. The first-order chi connectivity index (χ1) is 9.34. The van der Waals surface area contributed by atoms with E-state index in [0.29, 0.717) is 6.42 Å². The summed E-state index contributed by atoms with van der Waals surface area (Å²) in [6.45, 7) is 6.76. The maximum Gasteiger partial charge on any atom is 0.220 e. The Hall–Kier alpha value is -0.610. The maximum atomic E-state index is 11.7.